The molecule has 0 spiro atoms. The zero-order valence-corrected chi connectivity index (χ0v) is 11.0. The van der Waals surface area contributed by atoms with Gasteiger partial charge >= 0.3 is 0 Å². The van der Waals surface area contributed by atoms with E-state index < -0.39 is 11.6 Å². The summed E-state index contributed by atoms with van der Waals surface area (Å²) >= 11 is 0. The summed E-state index contributed by atoms with van der Waals surface area (Å²) in [5.74, 6) is -1.56. The molecule has 0 fully saturated rings. The third-order valence-electron chi connectivity index (χ3n) is 3.07. The minimum absolute atomic E-state index is 0.171. The first-order valence-corrected chi connectivity index (χ1v) is 6.05. The average Bonchev–Trinajstić information content (AvgIpc) is 2.21. The van der Waals surface area contributed by atoms with Crippen molar-refractivity contribution in [3.8, 4) is 0 Å². The quantitative estimate of drug-likeness (QED) is 0.830. The molecule has 1 atom stereocenters. The first-order valence-electron chi connectivity index (χ1n) is 6.05. The van der Waals surface area contributed by atoms with Gasteiger partial charge in [-0.2, -0.15) is 0 Å². The fourth-order valence-corrected chi connectivity index (χ4v) is 2.22. The predicted octanol–water partition coefficient (Wildman–Crippen LogP) is 3.63. The second kappa shape index (κ2) is 5.58. The van der Waals surface area contributed by atoms with E-state index in [-0.39, 0.29) is 5.41 Å². The highest BCUT2D eigenvalue weighted by Gasteiger charge is 2.24. The standard InChI is InChI=1S/C14H21F2N/c1-5-17-10(2)9-14(3,4)11-6-7-12(15)13(16)8-11/h6-8,10,17H,5,9H2,1-4H3. The molecule has 1 aromatic rings. The van der Waals surface area contributed by atoms with Crippen LogP contribution in [0.1, 0.15) is 39.7 Å². The third kappa shape index (κ3) is 3.77. The van der Waals surface area contributed by atoms with Crippen LogP contribution in [-0.2, 0) is 5.41 Å². The summed E-state index contributed by atoms with van der Waals surface area (Å²) in [5.41, 5.74) is 0.664. The lowest BCUT2D eigenvalue weighted by atomic mass is 9.79. The number of hydrogen-bond donors (Lipinski definition) is 1. The van der Waals surface area contributed by atoms with E-state index in [9.17, 15) is 8.78 Å². The molecule has 1 unspecified atom stereocenters. The molecular formula is C14H21F2N. The monoisotopic (exact) mass is 241 g/mol. The fraction of sp³-hybridized carbons (Fsp3) is 0.571. The lowest BCUT2D eigenvalue weighted by Gasteiger charge is -2.29. The van der Waals surface area contributed by atoms with E-state index in [2.05, 4.69) is 19.2 Å². The molecule has 0 heterocycles. The van der Waals surface area contributed by atoms with Crippen LogP contribution in [0, 0.1) is 11.6 Å². The molecular weight excluding hydrogens is 220 g/mol. The van der Waals surface area contributed by atoms with Crippen LogP contribution in [0.3, 0.4) is 0 Å². The number of rotatable bonds is 5. The molecule has 0 aromatic heterocycles. The van der Waals surface area contributed by atoms with Crippen LogP contribution in [0.25, 0.3) is 0 Å². The van der Waals surface area contributed by atoms with Gasteiger partial charge in [-0.05, 0) is 43.0 Å². The van der Waals surface area contributed by atoms with Gasteiger partial charge in [-0.25, -0.2) is 8.78 Å². The van der Waals surface area contributed by atoms with Crippen LogP contribution in [0.15, 0.2) is 18.2 Å². The maximum absolute atomic E-state index is 13.2. The molecule has 3 heteroatoms. The predicted molar refractivity (Wildman–Crippen MR) is 67.1 cm³/mol. The summed E-state index contributed by atoms with van der Waals surface area (Å²) in [7, 11) is 0. The zero-order valence-electron chi connectivity index (χ0n) is 11.0. The van der Waals surface area contributed by atoms with Gasteiger partial charge in [0.25, 0.3) is 0 Å². The fourth-order valence-electron chi connectivity index (χ4n) is 2.22. The minimum Gasteiger partial charge on any atom is -0.315 e. The summed E-state index contributed by atoms with van der Waals surface area (Å²) in [6.45, 7) is 9.17. The van der Waals surface area contributed by atoms with Crippen molar-refractivity contribution in [1.82, 2.24) is 5.32 Å². The summed E-state index contributed by atoms with van der Waals surface area (Å²) in [6, 6.07) is 4.51. The van der Waals surface area contributed by atoms with Gasteiger partial charge in [-0.1, -0.05) is 26.8 Å². The molecule has 0 amide bonds. The SMILES string of the molecule is CCNC(C)CC(C)(C)c1ccc(F)c(F)c1. The Hall–Kier alpha value is -0.960. The molecule has 0 aliphatic carbocycles. The Kier molecular flexibility index (Phi) is 4.63. The third-order valence-corrected chi connectivity index (χ3v) is 3.07. The van der Waals surface area contributed by atoms with Crippen LogP contribution in [-0.4, -0.2) is 12.6 Å². The van der Waals surface area contributed by atoms with Crippen LogP contribution in [0.2, 0.25) is 0 Å². The summed E-state index contributed by atoms with van der Waals surface area (Å²) in [6.07, 6.45) is 0.881. The lowest BCUT2D eigenvalue weighted by Crippen LogP contribution is -2.33. The topological polar surface area (TPSA) is 12.0 Å². The van der Waals surface area contributed by atoms with Gasteiger partial charge in [0.05, 0.1) is 0 Å². The highest BCUT2D eigenvalue weighted by molar-refractivity contribution is 5.25. The van der Waals surface area contributed by atoms with E-state index in [0.717, 1.165) is 18.5 Å². The smallest absolute Gasteiger partial charge is 0.159 e. The summed E-state index contributed by atoms with van der Waals surface area (Å²) < 4.78 is 26.1. The highest BCUT2D eigenvalue weighted by Crippen LogP contribution is 2.29. The Balaban J connectivity index is 2.84. The molecule has 1 rings (SSSR count). The zero-order chi connectivity index (χ0) is 13.1. The maximum Gasteiger partial charge on any atom is 0.159 e. The molecule has 0 saturated carbocycles. The molecule has 17 heavy (non-hydrogen) atoms. The van der Waals surface area contributed by atoms with E-state index >= 15 is 0 Å². The minimum atomic E-state index is -0.788. The number of hydrogen-bond acceptors (Lipinski definition) is 1. The number of benzene rings is 1. The molecule has 1 aromatic carbocycles. The molecule has 0 aliphatic rings. The van der Waals surface area contributed by atoms with Gasteiger partial charge in [0.15, 0.2) is 11.6 Å². The van der Waals surface area contributed by atoms with E-state index in [1.807, 2.05) is 13.8 Å². The second-order valence-corrected chi connectivity index (χ2v) is 5.18. The normalized spacial score (nSPS) is 13.8. The highest BCUT2D eigenvalue weighted by atomic mass is 19.2. The maximum atomic E-state index is 13.2. The van der Waals surface area contributed by atoms with Crippen LogP contribution >= 0.6 is 0 Å². The Morgan fingerprint density at radius 2 is 1.88 bits per heavy atom. The van der Waals surface area contributed by atoms with Crippen molar-refractivity contribution in [3.63, 3.8) is 0 Å². The Morgan fingerprint density at radius 3 is 2.41 bits per heavy atom. The second-order valence-electron chi connectivity index (χ2n) is 5.18. The van der Waals surface area contributed by atoms with E-state index in [1.165, 1.54) is 12.1 Å². The molecule has 0 aliphatic heterocycles. The molecule has 0 bridgehead atoms. The van der Waals surface area contributed by atoms with Crippen molar-refractivity contribution in [3.05, 3.63) is 35.4 Å². The molecule has 96 valence electrons. The number of nitrogens with one attached hydrogen (secondary N) is 1. The molecule has 0 radical (unpaired) electrons. The number of halogens is 2. The van der Waals surface area contributed by atoms with Crippen molar-refractivity contribution in [2.45, 2.75) is 45.6 Å². The average molecular weight is 241 g/mol. The van der Waals surface area contributed by atoms with Crippen LogP contribution < -0.4 is 5.32 Å². The van der Waals surface area contributed by atoms with Gasteiger partial charge in [-0.3, -0.25) is 0 Å². The van der Waals surface area contributed by atoms with Crippen molar-refractivity contribution < 1.29 is 8.78 Å². The van der Waals surface area contributed by atoms with Crippen molar-refractivity contribution in [1.29, 1.82) is 0 Å². The van der Waals surface area contributed by atoms with E-state index in [4.69, 9.17) is 0 Å². The van der Waals surface area contributed by atoms with Gasteiger partial charge < -0.3 is 5.32 Å². The largest absolute Gasteiger partial charge is 0.315 e. The van der Waals surface area contributed by atoms with E-state index in [1.54, 1.807) is 6.07 Å². The first-order chi connectivity index (χ1) is 7.86. The summed E-state index contributed by atoms with van der Waals surface area (Å²) in [4.78, 5) is 0. The van der Waals surface area contributed by atoms with Gasteiger partial charge in [0.2, 0.25) is 0 Å². The first kappa shape index (κ1) is 14.1. The Bertz CT molecular complexity index is 374. The molecule has 1 N–H and O–H groups in total. The van der Waals surface area contributed by atoms with Crippen LogP contribution in [0.4, 0.5) is 8.78 Å². The van der Waals surface area contributed by atoms with Crippen molar-refractivity contribution in [2.24, 2.45) is 0 Å². The summed E-state index contributed by atoms with van der Waals surface area (Å²) in [5, 5.41) is 3.33. The van der Waals surface area contributed by atoms with Gasteiger partial charge in [0.1, 0.15) is 0 Å². The molecule has 0 saturated heterocycles. The van der Waals surface area contributed by atoms with Gasteiger partial charge in [-0.15, -0.1) is 0 Å². The van der Waals surface area contributed by atoms with Crippen molar-refractivity contribution >= 4 is 0 Å². The Morgan fingerprint density at radius 1 is 1.24 bits per heavy atom. The van der Waals surface area contributed by atoms with Crippen LogP contribution in [0.5, 0.6) is 0 Å². The van der Waals surface area contributed by atoms with Crippen molar-refractivity contribution in [2.75, 3.05) is 6.54 Å². The Labute approximate surface area is 102 Å². The lowest BCUT2D eigenvalue weighted by molar-refractivity contribution is 0.391. The van der Waals surface area contributed by atoms with E-state index in [0.29, 0.717) is 6.04 Å². The van der Waals surface area contributed by atoms with Gasteiger partial charge in [0, 0.05) is 6.04 Å². The molecule has 1 nitrogen and oxygen atoms in total.